The number of fused-ring (bicyclic) bond motifs is 1. The number of nitrogens with one attached hydrogen (secondary N) is 2. The average Bonchev–Trinajstić information content (AvgIpc) is 3.07. The Labute approximate surface area is 192 Å². The number of ether oxygens (including phenoxy) is 1. The molecule has 1 aromatic heterocycles. The molecule has 1 saturated heterocycles. The highest BCUT2D eigenvalue weighted by Crippen LogP contribution is 2.28. The van der Waals surface area contributed by atoms with E-state index in [1.54, 1.807) is 6.08 Å². The zero-order valence-corrected chi connectivity index (χ0v) is 19.0. The zero-order chi connectivity index (χ0) is 23.5. The van der Waals surface area contributed by atoms with Crippen molar-refractivity contribution in [3.63, 3.8) is 0 Å². The first kappa shape index (κ1) is 22.3. The number of hydrogen-bond donors (Lipinski definition) is 2. The van der Waals surface area contributed by atoms with E-state index in [1.807, 2.05) is 43.3 Å². The van der Waals surface area contributed by atoms with Gasteiger partial charge in [0.1, 0.15) is 17.9 Å². The van der Waals surface area contributed by atoms with Crippen LogP contribution >= 0.6 is 0 Å². The lowest BCUT2D eigenvalue weighted by molar-refractivity contribution is -0.123. The van der Waals surface area contributed by atoms with Crippen LogP contribution in [0.1, 0.15) is 43.0 Å². The highest BCUT2D eigenvalue weighted by atomic mass is 16.5. The molecule has 0 radical (unpaired) electrons. The van der Waals surface area contributed by atoms with Crippen LogP contribution in [0.4, 0.5) is 4.79 Å². The maximum atomic E-state index is 12.2. The molecule has 4 amide bonds. The first-order valence-electron chi connectivity index (χ1n) is 11.1. The smallest absolute Gasteiger partial charge is 0.328 e. The Balaban J connectivity index is 1.57. The van der Waals surface area contributed by atoms with E-state index in [9.17, 15) is 14.4 Å². The summed E-state index contributed by atoms with van der Waals surface area (Å²) >= 11 is 0. The number of barbiturate groups is 1. The summed E-state index contributed by atoms with van der Waals surface area (Å²) in [4.78, 5) is 35.8. The molecule has 7 heteroatoms. The molecule has 1 fully saturated rings. The number of benzene rings is 2. The Morgan fingerprint density at radius 1 is 1.00 bits per heavy atom. The van der Waals surface area contributed by atoms with Crippen LogP contribution in [-0.4, -0.2) is 29.0 Å². The number of carbonyl (C=O) groups is 3. The maximum Gasteiger partial charge on any atom is 0.328 e. The van der Waals surface area contributed by atoms with Crippen molar-refractivity contribution in [3.05, 3.63) is 70.9 Å². The van der Waals surface area contributed by atoms with E-state index in [0.29, 0.717) is 19.1 Å². The van der Waals surface area contributed by atoms with E-state index in [1.165, 1.54) is 5.56 Å². The molecule has 2 heterocycles. The van der Waals surface area contributed by atoms with Crippen LogP contribution in [0, 0.1) is 6.92 Å². The van der Waals surface area contributed by atoms with Crippen molar-refractivity contribution >= 4 is 34.8 Å². The predicted octanol–water partition coefficient (Wildman–Crippen LogP) is 4.29. The van der Waals surface area contributed by atoms with Crippen LogP contribution in [0.5, 0.6) is 5.75 Å². The second-order valence-corrected chi connectivity index (χ2v) is 8.19. The van der Waals surface area contributed by atoms with E-state index < -0.39 is 17.8 Å². The Morgan fingerprint density at radius 2 is 1.67 bits per heavy atom. The van der Waals surface area contributed by atoms with Crippen LogP contribution in [0.3, 0.4) is 0 Å². The van der Waals surface area contributed by atoms with Gasteiger partial charge in [-0.3, -0.25) is 20.2 Å². The van der Waals surface area contributed by atoms with Crippen molar-refractivity contribution in [1.29, 1.82) is 0 Å². The molecule has 1 atom stereocenters. The van der Waals surface area contributed by atoms with Gasteiger partial charge in [-0.05, 0) is 49.1 Å². The van der Waals surface area contributed by atoms with Crippen molar-refractivity contribution in [3.8, 4) is 5.75 Å². The van der Waals surface area contributed by atoms with Gasteiger partial charge in [0.15, 0.2) is 0 Å². The number of para-hydroxylation sites is 1. The molecule has 33 heavy (non-hydrogen) atoms. The Kier molecular flexibility index (Phi) is 6.31. The van der Waals surface area contributed by atoms with Gasteiger partial charge in [-0.25, -0.2) is 4.79 Å². The third-order valence-electron chi connectivity index (χ3n) is 6.16. The van der Waals surface area contributed by atoms with Gasteiger partial charge in [0.25, 0.3) is 11.8 Å². The summed E-state index contributed by atoms with van der Waals surface area (Å²) in [6.45, 7) is 7.39. The van der Waals surface area contributed by atoms with E-state index >= 15 is 0 Å². The summed E-state index contributed by atoms with van der Waals surface area (Å²) in [6, 6.07) is 15.2. The monoisotopic (exact) mass is 445 g/mol. The molecule has 170 valence electrons. The molecule has 3 aromatic rings. The van der Waals surface area contributed by atoms with Crippen LogP contribution in [0.2, 0.25) is 0 Å². The molecular weight excluding hydrogens is 418 g/mol. The van der Waals surface area contributed by atoms with Gasteiger partial charge in [0.05, 0.1) is 6.54 Å². The number of carbonyl (C=O) groups excluding carboxylic acids is 3. The van der Waals surface area contributed by atoms with Crippen molar-refractivity contribution < 1.29 is 19.1 Å². The fourth-order valence-electron chi connectivity index (χ4n) is 4.06. The van der Waals surface area contributed by atoms with Crippen LogP contribution in [-0.2, 0) is 16.1 Å². The molecule has 1 aliphatic heterocycles. The normalized spacial score (nSPS) is 14.8. The third-order valence-corrected chi connectivity index (χ3v) is 6.16. The highest BCUT2D eigenvalue weighted by molar-refractivity contribution is 6.31. The minimum atomic E-state index is -0.810. The summed E-state index contributed by atoms with van der Waals surface area (Å²) in [5.74, 6) is -0.0704. The molecule has 0 spiro atoms. The lowest BCUT2D eigenvalue weighted by Gasteiger charge is -2.14. The molecule has 1 aliphatic rings. The summed E-state index contributed by atoms with van der Waals surface area (Å²) in [7, 11) is 0. The molecule has 1 unspecified atom stereocenters. The summed E-state index contributed by atoms with van der Waals surface area (Å²) in [5, 5.41) is 5.15. The fourth-order valence-corrected chi connectivity index (χ4v) is 4.06. The van der Waals surface area contributed by atoms with Crippen molar-refractivity contribution in [2.24, 2.45) is 0 Å². The summed E-state index contributed by atoms with van der Waals surface area (Å²) < 4.78 is 8.10. The topological polar surface area (TPSA) is 89.4 Å². The van der Waals surface area contributed by atoms with Gasteiger partial charge in [0, 0.05) is 22.2 Å². The second kappa shape index (κ2) is 9.32. The molecule has 7 nitrogen and oxygen atoms in total. The Morgan fingerprint density at radius 3 is 2.33 bits per heavy atom. The maximum absolute atomic E-state index is 12.2. The molecule has 2 N–H and O–H groups in total. The number of urea groups is 1. The molecule has 4 rings (SSSR count). The van der Waals surface area contributed by atoms with E-state index in [-0.39, 0.29) is 5.57 Å². The minimum Gasteiger partial charge on any atom is -0.492 e. The molecular formula is C26H27N3O4. The number of nitrogens with zero attached hydrogens (tertiary/aromatic N) is 1. The average molecular weight is 446 g/mol. The predicted molar refractivity (Wildman–Crippen MR) is 127 cm³/mol. The largest absolute Gasteiger partial charge is 0.492 e. The summed E-state index contributed by atoms with van der Waals surface area (Å²) in [6.07, 6.45) is 2.64. The van der Waals surface area contributed by atoms with Gasteiger partial charge >= 0.3 is 6.03 Å². The van der Waals surface area contributed by atoms with Gasteiger partial charge in [-0.15, -0.1) is 0 Å². The van der Waals surface area contributed by atoms with Gasteiger partial charge in [-0.1, -0.05) is 44.2 Å². The Bertz CT molecular complexity index is 1230. The fraction of sp³-hybridized carbons (Fsp3) is 0.269. The highest BCUT2D eigenvalue weighted by Gasteiger charge is 2.28. The molecule has 0 aliphatic carbocycles. The molecule has 0 bridgehead atoms. The number of imide groups is 2. The number of aromatic nitrogens is 1. The summed E-state index contributed by atoms with van der Waals surface area (Å²) in [5.41, 5.74) is 3.84. The van der Waals surface area contributed by atoms with E-state index in [2.05, 4.69) is 41.2 Å². The van der Waals surface area contributed by atoms with Crippen molar-refractivity contribution in [2.75, 3.05) is 6.61 Å². The van der Waals surface area contributed by atoms with E-state index in [4.69, 9.17) is 4.74 Å². The van der Waals surface area contributed by atoms with Gasteiger partial charge in [-0.2, -0.15) is 0 Å². The minimum absolute atomic E-state index is 0.0988. The van der Waals surface area contributed by atoms with Crippen LogP contribution in [0.25, 0.3) is 17.0 Å². The van der Waals surface area contributed by atoms with Gasteiger partial charge in [0.2, 0.25) is 0 Å². The molecule has 0 saturated carbocycles. The van der Waals surface area contributed by atoms with Crippen molar-refractivity contribution in [2.45, 2.75) is 39.7 Å². The number of amides is 4. The van der Waals surface area contributed by atoms with E-state index in [0.717, 1.165) is 34.3 Å². The van der Waals surface area contributed by atoms with Crippen molar-refractivity contribution in [1.82, 2.24) is 15.2 Å². The first-order chi connectivity index (χ1) is 15.9. The number of hydrogen-bond acceptors (Lipinski definition) is 4. The second-order valence-electron chi connectivity index (χ2n) is 8.19. The third kappa shape index (κ3) is 4.53. The Hall–Kier alpha value is -3.87. The lowest BCUT2D eigenvalue weighted by atomic mass is 9.99. The first-order valence-corrected chi connectivity index (χ1v) is 11.1. The number of rotatable bonds is 7. The van der Waals surface area contributed by atoms with Crippen LogP contribution < -0.4 is 15.4 Å². The van der Waals surface area contributed by atoms with Gasteiger partial charge < -0.3 is 9.30 Å². The quantitative estimate of drug-likeness (QED) is 0.419. The zero-order valence-electron chi connectivity index (χ0n) is 19.0. The SMILES string of the molecule is CCC(C)c1ccc(OCCn2c(C)c(C=C3C(=O)NC(=O)NC3=O)c3ccccc32)cc1. The van der Waals surface area contributed by atoms with Crippen LogP contribution in [0.15, 0.2) is 54.1 Å². The standard InChI is InChI=1S/C26H27N3O4/c1-4-16(2)18-9-11-19(12-10-18)33-14-13-29-17(3)21(20-7-5-6-8-23(20)29)15-22-24(30)27-26(32)28-25(22)31/h5-12,15-16H,4,13-14H2,1-3H3,(H2,27,28,30,31,32). The lowest BCUT2D eigenvalue weighted by Crippen LogP contribution is -2.51. The molecule has 2 aromatic carbocycles.